The number of nitrogens with one attached hydrogen (secondary N) is 1. The number of imidazole rings is 1. The third kappa shape index (κ3) is 5.48. The standard InChI is InChI=1S/C26H34N6O5S/c1-29-24-18(4-2-6-21(24)32(26(29)35)22-7-8-23(33)28-25(22)34)5-3-17-37-20-11-15-31(16-12-20)38(36)30-13-9-19(27)10-14-30/h2,4,6,19-20,22H,7-17,27H2,1H3,(H,28,33,34). The van der Waals surface area contributed by atoms with Crippen LogP contribution in [-0.4, -0.2) is 78.7 Å². The molecule has 3 fully saturated rings. The van der Waals surface area contributed by atoms with Crippen LogP contribution >= 0.6 is 0 Å². The van der Waals surface area contributed by atoms with Gasteiger partial charge in [0, 0.05) is 45.7 Å². The zero-order chi connectivity index (χ0) is 26.8. The number of aryl methyl sites for hydroxylation is 1. The van der Waals surface area contributed by atoms with Crippen LogP contribution in [0.1, 0.15) is 50.1 Å². The van der Waals surface area contributed by atoms with Gasteiger partial charge in [0.2, 0.25) is 11.8 Å². The van der Waals surface area contributed by atoms with Crippen molar-refractivity contribution in [3.05, 3.63) is 34.2 Å². The maximum atomic E-state index is 13.0. The van der Waals surface area contributed by atoms with Gasteiger partial charge in [-0.2, -0.15) is 0 Å². The number of imide groups is 1. The van der Waals surface area contributed by atoms with Gasteiger partial charge < -0.3 is 10.5 Å². The van der Waals surface area contributed by atoms with Gasteiger partial charge in [-0.05, 0) is 44.2 Å². The van der Waals surface area contributed by atoms with E-state index in [1.165, 1.54) is 9.13 Å². The Hall–Kier alpha value is -2.82. The van der Waals surface area contributed by atoms with Gasteiger partial charge in [-0.3, -0.25) is 24.0 Å². The van der Waals surface area contributed by atoms with E-state index >= 15 is 0 Å². The third-order valence-electron chi connectivity index (χ3n) is 7.58. The highest BCUT2D eigenvalue weighted by Crippen LogP contribution is 2.25. The number of nitrogens with zero attached hydrogens (tertiary/aromatic N) is 4. The minimum Gasteiger partial charge on any atom is -0.365 e. The van der Waals surface area contributed by atoms with E-state index in [0.717, 1.165) is 38.8 Å². The van der Waals surface area contributed by atoms with Crippen molar-refractivity contribution in [2.45, 2.75) is 56.7 Å². The minimum absolute atomic E-state index is 0.0566. The Balaban J connectivity index is 1.20. The number of hydrogen-bond acceptors (Lipinski definition) is 6. The van der Waals surface area contributed by atoms with Crippen molar-refractivity contribution in [3.63, 3.8) is 0 Å². The minimum atomic E-state index is -1.12. The lowest BCUT2D eigenvalue weighted by Gasteiger charge is -2.36. The SMILES string of the molecule is Cn1c(=O)n(C2CCC(=O)NC2=O)c2cccc(C#CCOC3CCN(S(=O)N4CCC(N)CC4)CC3)c21. The highest BCUT2D eigenvalue weighted by atomic mass is 32.2. The molecule has 2 unspecified atom stereocenters. The van der Waals surface area contributed by atoms with Crippen molar-refractivity contribution >= 4 is 34.0 Å². The van der Waals surface area contributed by atoms with E-state index in [1.54, 1.807) is 19.2 Å². The van der Waals surface area contributed by atoms with E-state index in [4.69, 9.17) is 10.5 Å². The highest BCUT2D eigenvalue weighted by Gasteiger charge is 2.32. The molecule has 2 amide bonds. The average molecular weight is 543 g/mol. The number of ether oxygens (including phenoxy) is 1. The molecule has 3 N–H and O–H groups in total. The summed E-state index contributed by atoms with van der Waals surface area (Å²) in [5.41, 5.74) is 7.56. The number of para-hydroxylation sites is 1. The van der Waals surface area contributed by atoms with Crippen LogP contribution in [0, 0.1) is 11.8 Å². The van der Waals surface area contributed by atoms with Gasteiger partial charge in [0.1, 0.15) is 12.6 Å². The molecule has 5 rings (SSSR count). The van der Waals surface area contributed by atoms with Crippen molar-refractivity contribution in [1.82, 2.24) is 23.1 Å². The lowest BCUT2D eigenvalue weighted by molar-refractivity contribution is -0.135. The van der Waals surface area contributed by atoms with Crippen molar-refractivity contribution < 1.29 is 18.5 Å². The van der Waals surface area contributed by atoms with Crippen LogP contribution < -0.4 is 16.7 Å². The van der Waals surface area contributed by atoms with Crippen LogP contribution in [-0.2, 0) is 32.5 Å². The predicted molar refractivity (Wildman–Crippen MR) is 143 cm³/mol. The zero-order valence-corrected chi connectivity index (χ0v) is 22.4. The first-order valence-electron chi connectivity index (χ1n) is 13.1. The lowest BCUT2D eigenvalue weighted by atomic mass is 10.1. The number of nitrogens with two attached hydrogens (primary N) is 1. The smallest absolute Gasteiger partial charge is 0.329 e. The highest BCUT2D eigenvalue weighted by molar-refractivity contribution is 7.80. The number of piperidine rings is 3. The summed E-state index contributed by atoms with van der Waals surface area (Å²) in [6.07, 6.45) is 3.88. The molecule has 0 radical (unpaired) electrons. The zero-order valence-electron chi connectivity index (χ0n) is 21.6. The molecule has 3 aliphatic rings. The summed E-state index contributed by atoms with van der Waals surface area (Å²) in [4.78, 5) is 37.0. The Labute approximate surface area is 224 Å². The largest absolute Gasteiger partial charge is 0.365 e. The fraction of sp³-hybridized carbons (Fsp3) is 0.577. The molecule has 204 valence electrons. The molecule has 4 heterocycles. The Kier molecular flexibility index (Phi) is 8.11. The molecule has 11 nitrogen and oxygen atoms in total. The second-order valence-corrected chi connectivity index (χ2v) is 11.6. The van der Waals surface area contributed by atoms with Crippen LogP contribution in [0.3, 0.4) is 0 Å². The van der Waals surface area contributed by atoms with Gasteiger partial charge in [0.25, 0.3) is 0 Å². The van der Waals surface area contributed by atoms with Crippen molar-refractivity contribution in [2.24, 2.45) is 12.8 Å². The number of fused-ring (bicyclic) bond motifs is 1. The Morgan fingerprint density at radius 3 is 2.42 bits per heavy atom. The average Bonchev–Trinajstić information content (AvgIpc) is 3.17. The normalized spacial score (nSPS) is 23.3. The summed E-state index contributed by atoms with van der Waals surface area (Å²) in [5, 5.41) is 2.33. The van der Waals surface area contributed by atoms with Gasteiger partial charge in [-0.15, -0.1) is 0 Å². The molecule has 3 saturated heterocycles. The Morgan fingerprint density at radius 2 is 1.74 bits per heavy atom. The van der Waals surface area contributed by atoms with E-state index in [-0.39, 0.29) is 43.2 Å². The quantitative estimate of drug-likeness (QED) is 0.409. The molecule has 38 heavy (non-hydrogen) atoms. The van der Waals surface area contributed by atoms with Gasteiger partial charge in [-0.25, -0.2) is 17.6 Å². The van der Waals surface area contributed by atoms with E-state index in [0.29, 0.717) is 29.7 Å². The summed E-state index contributed by atoms with van der Waals surface area (Å²) >= 11 is -1.12. The molecule has 0 spiro atoms. The van der Waals surface area contributed by atoms with Crippen LogP contribution in [0.4, 0.5) is 0 Å². The number of rotatable bonds is 5. The first-order valence-corrected chi connectivity index (χ1v) is 14.2. The number of aromatic nitrogens is 2. The first-order chi connectivity index (χ1) is 18.3. The second kappa shape index (κ2) is 11.5. The maximum absolute atomic E-state index is 13.0. The summed E-state index contributed by atoms with van der Waals surface area (Å²) < 4.78 is 25.8. The fourth-order valence-corrected chi connectivity index (χ4v) is 6.78. The predicted octanol–water partition coefficient (Wildman–Crippen LogP) is 0.152. The summed E-state index contributed by atoms with van der Waals surface area (Å²) in [6, 6.07) is 4.91. The number of benzene rings is 1. The van der Waals surface area contributed by atoms with Gasteiger partial charge >= 0.3 is 5.69 Å². The van der Waals surface area contributed by atoms with Crippen LogP contribution in [0.25, 0.3) is 11.0 Å². The molecule has 0 bridgehead atoms. The Bertz CT molecular complexity index is 1360. The molecular formula is C26H34N6O5S. The van der Waals surface area contributed by atoms with Crippen molar-refractivity contribution in [1.29, 1.82) is 0 Å². The lowest BCUT2D eigenvalue weighted by Crippen LogP contribution is -2.48. The third-order valence-corrected chi connectivity index (χ3v) is 9.19. The molecule has 0 aliphatic carbocycles. The topological polar surface area (TPSA) is 132 Å². The fourth-order valence-electron chi connectivity index (χ4n) is 5.41. The number of carbonyl (C=O) groups is 2. The van der Waals surface area contributed by atoms with Crippen LogP contribution in [0.5, 0.6) is 0 Å². The van der Waals surface area contributed by atoms with E-state index in [1.807, 2.05) is 14.7 Å². The van der Waals surface area contributed by atoms with E-state index in [9.17, 15) is 18.6 Å². The molecule has 1 aromatic heterocycles. The monoisotopic (exact) mass is 542 g/mol. The molecular weight excluding hydrogens is 508 g/mol. The van der Waals surface area contributed by atoms with Crippen LogP contribution in [0.2, 0.25) is 0 Å². The first kappa shape index (κ1) is 26.8. The molecule has 1 aromatic carbocycles. The maximum Gasteiger partial charge on any atom is 0.329 e. The van der Waals surface area contributed by atoms with Crippen molar-refractivity contribution in [3.8, 4) is 11.8 Å². The number of carbonyl (C=O) groups excluding carboxylic acids is 2. The molecule has 2 atom stereocenters. The van der Waals surface area contributed by atoms with Crippen LogP contribution in [0.15, 0.2) is 23.0 Å². The molecule has 12 heteroatoms. The number of hydrogen-bond donors (Lipinski definition) is 2. The van der Waals surface area contributed by atoms with E-state index in [2.05, 4.69) is 17.2 Å². The molecule has 2 aromatic rings. The van der Waals surface area contributed by atoms with Gasteiger partial charge in [0.05, 0.1) is 22.7 Å². The molecule has 0 saturated carbocycles. The summed E-state index contributed by atoms with van der Waals surface area (Å²) in [7, 11) is 1.66. The van der Waals surface area contributed by atoms with Gasteiger partial charge in [-0.1, -0.05) is 17.9 Å². The number of amides is 2. The summed E-state index contributed by atoms with van der Waals surface area (Å²) in [6.45, 7) is 3.21. The molecule has 3 aliphatic heterocycles. The second-order valence-electron chi connectivity index (χ2n) is 10.1. The van der Waals surface area contributed by atoms with E-state index < -0.39 is 23.1 Å². The van der Waals surface area contributed by atoms with Crippen molar-refractivity contribution in [2.75, 3.05) is 32.8 Å². The van der Waals surface area contributed by atoms with Gasteiger partial charge in [0.15, 0.2) is 11.2 Å². The Morgan fingerprint density at radius 1 is 1.05 bits per heavy atom. The summed E-state index contributed by atoms with van der Waals surface area (Å²) in [5.74, 6) is 5.41.